The smallest absolute Gasteiger partial charge is 0.274 e. The number of halogens is 3. The maximum Gasteiger partial charge on any atom is 0.274 e. The number of nitrogens with zero attached hydrogens (tertiary/aromatic N) is 4. The standard InChI is InChI=1S/C24H35F2N5O2.ClH/c1-5-24(25,26)17-9-19-22(28-10-17)23(3,4)15-31(19)21(33)14-30-12-16(2)27-11-18(30)13-29-8-6-7-20(29)32;/h9-10,16,18,27H,5-8,11-15H2,1-4H3;1H/t16-,18-;/m1./s1. The van der Waals surface area contributed by atoms with Crippen molar-refractivity contribution in [2.45, 2.75) is 70.4 Å². The Kier molecular flexibility index (Phi) is 7.89. The number of piperazine rings is 1. The van der Waals surface area contributed by atoms with Crippen molar-refractivity contribution >= 4 is 29.9 Å². The molecule has 34 heavy (non-hydrogen) atoms. The zero-order valence-corrected chi connectivity index (χ0v) is 21.3. The van der Waals surface area contributed by atoms with Gasteiger partial charge >= 0.3 is 0 Å². The van der Waals surface area contributed by atoms with Crippen molar-refractivity contribution in [3.63, 3.8) is 0 Å². The third kappa shape index (κ3) is 5.21. The first-order valence-corrected chi connectivity index (χ1v) is 12.0. The Labute approximate surface area is 206 Å². The molecule has 3 aliphatic heterocycles. The minimum absolute atomic E-state index is 0. The summed E-state index contributed by atoms with van der Waals surface area (Å²) >= 11 is 0. The highest BCUT2D eigenvalue weighted by Crippen LogP contribution is 2.42. The second-order valence-corrected chi connectivity index (χ2v) is 10.3. The Morgan fingerprint density at radius 3 is 2.74 bits per heavy atom. The number of anilines is 1. The maximum absolute atomic E-state index is 14.4. The summed E-state index contributed by atoms with van der Waals surface area (Å²) in [5.41, 5.74) is 0.605. The van der Waals surface area contributed by atoms with E-state index in [2.05, 4.69) is 22.1 Å². The van der Waals surface area contributed by atoms with Crippen molar-refractivity contribution in [2.24, 2.45) is 0 Å². The molecule has 10 heteroatoms. The van der Waals surface area contributed by atoms with Gasteiger partial charge in [0, 0.05) is 74.8 Å². The molecule has 0 unspecified atom stereocenters. The number of carbonyl (C=O) groups excluding carboxylic acids is 2. The van der Waals surface area contributed by atoms with E-state index in [0.717, 1.165) is 13.0 Å². The van der Waals surface area contributed by atoms with Crippen molar-refractivity contribution in [1.82, 2.24) is 20.1 Å². The largest absolute Gasteiger partial charge is 0.341 e. The number of alkyl halides is 2. The number of likely N-dealkylation sites (tertiary alicyclic amines) is 1. The van der Waals surface area contributed by atoms with Crippen LogP contribution in [-0.2, 0) is 20.9 Å². The molecule has 0 spiro atoms. The summed E-state index contributed by atoms with van der Waals surface area (Å²) in [6, 6.07) is 1.71. The molecule has 2 atom stereocenters. The van der Waals surface area contributed by atoms with Crippen molar-refractivity contribution < 1.29 is 18.4 Å². The summed E-state index contributed by atoms with van der Waals surface area (Å²) in [6.45, 7) is 10.8. The molecule has 4 heterocycles. The fraction of sp³-hybridized carbons (Fsp3) is 0.708. The van der Waals surface area contributed by atoms with Gasteiger partial charge in [-0.2, -0.15) is 0 Å². The Morgan fingerprint density at radius 2 is 2.09 bits per heavy atom. The molecular weight excluding hydrogens is 464 g/mol. The van der Waals surface area contributed by atoms with Gasteiger partial charge < -0.3 is 15.1 Å². The Bertz CT molecular complexity index is 929. The number of aromatic nitrogens is 1. The lowest BCUT2D eigenvalue weighted by atomic mass is 9.91. The van der Waals surface area contributed by atoms with Crippen LogP contribution >= 0.6 is 12.4 Å². The summed E-state index contributed by atoms with van der Waals surface area (Å²) in [5.74, 6) is -2.93. The van der Waals surface area contributed by atoms with Crippen LogP contribution in [-0.4, -0.2) is 78.0 Å². The molecule has 0 bridgehead atoms. The van der Waals surface area contributed by atoms with E-state index >= 15 is 0 Å². The summed E-state index contributed by atoms with van der Waals surface area (Å²) in [4.78, 5) is 35.7. The quantitative estimate of drug-likeness (QED) is 0.652. The zero-order valence-electron chi connectivity index (χ0n) is 20.4. The molecule has 3 aliphatic rings. The van der Waals surface area contributed by atoms with Gasteiger partial charge in [-0.15, -0.1) is 12.4 Å². The van der Waals surface area contributed by atoms with E-state index in [1.165, 1.54) is 19.2 Å². The van der Waals surface area contributed by atoms with Gasteiger partial charge in [-0.3, -0.25) is 19.5 Å². The number of rotatable bonds is 6. The van der Waals surface area contributed by atoms with E-state index in [9.17, 15) is 18.4 Å². The Hall–Kier alpha value is -1.84. The molecule has 1 N–H and O–H groups in total. The normalized spacial score (nSPS) is 24.8. The average molecular weight is 500 g/mol. The van der Waals surface area contributed by atoms with E-state index in [1.807, 2.05) is 18.7 Å². The summed E-state index contributed by atoms with van der Waals surface area (Å²) in [7, 11) is 0. The molecule has 0 saturated carbocycles. The molecule has 190 valence electrons. The molecule has 0 aliphatic carbocycles. The average Bonchev–Trinajstić information content (AvgIpc) is 3.29. The van der Waals surface area contributed by atoms with Crippen LogP contribution < -0.4 is 10.2 Å². The number of fused-ring (bicyclic) bond motifs is 1. The number of carbonyl (C=O) groups is 2. The van der Waals surface area contributed by atoms with Gasteiger partial charge in [-0.25, -0.2) is 8.78 Å². The third-order valence-corrected chi connectivity index (χ3v) is 7.19. The van der Waals surface area contributed by atoms with E-state index in [4.69, 9.17) is 0 Å². The van der Waals surface area contributed by atoms with Crippen molar-refractivity contribution in [1.29, 1.82) is 0 Å². The van der Waals surface area contributed by atoms with Crippen LogP contribution in [0, 0.1) is 0 Å². The topological polar surface area (TPSA) is 68.8 Å². The van der Waals surface area contributed by atoms with Gasteiger partial charge in [0.25, 0.3) is 5.92 Å². The highest BCUT2D eigenvalue weighted by molar-refractivity contribution is 5.97. The fourth-order valence-corrected chi connectivity index (χ4v) is 5.18. The van der Waals surface area contributed by atoms with Crippen LogP contribution in [0.3, 0.4) is 0 Å². The first kappa shape index (κ1) is 26.8. The minimum atomic E-state index is -2.98. The molecule has 4 rings (SSSR count). The number of pyridine rings is 1. The van der Waals surface area contributed by atoms with Crippen molar-refractivity contribution in [3.8, 4) is 0 Å². The SMILES string of the molecule is CCC(F)(F)c1cnc2c(c1)N(C(=O)CN1C[C@@H](C)NC[C@@H]1CN1CCCC1=O)CC2(C)C.Cl. The number of nitrogens with one attached hydrogen (secondary N) is 1. The van der Waals surface area contributed by atoms with Crippen molar-refractivity contribution in [2.75, 3.05) is 44.2 Å². The van der Waals surface area contributed by atoms with Crippen LogP contribution in [0.4, 0.5) is 14.5 Å². The minimum Gasteiger partial charge on any atom is -0.341 e. The van der Waals surface area contributed by atoms with E-state index in [0.29, 0.717) is 44.0 Å². The highest BCUT2D eigenvalue weighted by atomic mass is 35.5. The predicted molar refractivity (Wildman–Crippen MR) is 130 cm³/mol. The zero-order chi connectivity index (χ0) is 24.0. The van der Waals surface area contributed by atoms with Crippen LogP contribution in [0.2, 0.25) is 0 Å². The maximum atomic E-state index is 14.4. The molecule has 2 fully saturated rings. The highest BCUT2D eigenvalue weighted by Gasteiger charge is 2.42. The number of amides is 2. The number of hydrogen-bond donors (Lipinski definition) is 1. The molecular formula is C24H36ClF2N5O2. The lowest BCUT2D eigenvalue weighted by Gasteiger charge is -2.41. The predicted octanol–water partition coefficient (Wildman–Crippen LogP) is 2.91. The van der Waals surface area contributed by atoms with E-state index in [1.54, 1.807) is 4.90 Å². The van der Waals surface area contributed by atoms with Gasteiger partial charge in [0.1, 0.15) is 0 Å². The lowest BCUT2D eigenvalue weighted by molar-refractivity contribution is -0.128. The van der Waals surface area contributed by atoms with Crippen LogP contribution in [0.1, 0.15) is 58.2 Å². The number of hydrogen-bond acceptors (Lipinski definition) is 5. The van der Waals surface area contributed by atoms with Gasteiger partial charge in [-0.05, 0) is 19.4 Å². The molecule has 1 aromatic heterocycles. The van der Waals surface area contributed by atoms with Crippen LogP contribution in [0.5, 0.6) is 0 Å². The molecule has 1 aromatic rings. The van der Waals surface area contributed by atoms with E-state index in [-0.39, 0.29) is 54.8 Å². The third-order valence-electron chi connectivity index (χ3n) is 7.19. The molecule has 0 radical (unpaired) electrons. The van der Waals surface area contributed by atoms with Gasteiger partial charge in [0.05, 0.1) is 17.9 Å². The fourth-order valence-electron chi connectivity index (χ4n) is 5.18. The van der Waals surface area contributed by atoms with Gasteiger partial charge in [0.2, 0.25) is 11.8 Å². The monoisotopic (exact) mass is 499 g/mol. The van der Waals surface area contributed by atoms with Crippen LogP contribution in [0.15, 0.2) is 12.3 Å². The molecule has 2 amide bonds. The Morgan fingerprint density at radius 1 is 1.35 bits per heavy atom. The molecule has 0 aromatic carbocycles. The lowest BCUT2D eigenvalue weighted by Crippen LogP contribution is -2.60. The van der Waals surface area contributed by atoms with Gasteiger partial charge in [0.15, 0.2) is 0 Å². The molecule has 7 nitrogen and oxygen atoms in total. The van der Waals surface area contributed by atoms with Gasteiger partial charge in [-0.1, -0.05) is 20.8 Å². The second-order valence-electron chi connectivity index (χ2n) is 10.3. The van der Waals surface area contributed by atoms with Crippen LogP contribution in [0.25, 0.3) is 0 Å². The second kappa shape index (κ2) is 10.0. The molecule has 2 saturated heterocycles. The summed E-state index contributed by atoms with van der Waals surface area (Å²) in [6.07, 6.45) is 2.40. The van der Waals surface area contributed by atoms with E-state index < -0.39 is 11.3 Å². The first-order chi connectivity index (χ1) is 15.5. The summed E-state index contributed by atoms with van der Waals surface area (Å²) < 4.78 is 28.8. The van der Waals surface area contributed by atoms with Crippen molar-refractivity contribution in [3.05, 3.63) is 23.5 Å². The Balaban J connectivity index is 0.00000324. The first-order valence-electron chi connectivity index (χ1n) is 12.0. The summed E-state index contributed by atoms with van der Waals surface area (Å²) in [5, 5.41) is 3.45.